The summed E-state index contributed by atoms with van der Waals surface area (Å²) in [5, 5.41) is 5.96. The van der Waals surface area contributed by atoms with Gasteiger partial charge in [-0.25, -0.2) is 4.98 Å². The number of carbonyl (C=O) groups is 1. The molecule has 1 aromatic carbocycles. The number of rotatable bonds is 4. The molecular formula is C17H21N3OS. The number of aromatic nitrogens is 1. The van der Waals surface area contributed by atoms with E-state index in [4.69, 9.17) is 4.98 Å². The van der Waals surface area contributed by atoms with E-state index in [1.807, 2.05) is 18.2 Å². The number of hydrogen-bond donors (Lipinski definition) is 1. The van der Waals surface area contributed by atoms with Crippen molar-refractivity contribution in [3.8, 4) is 10.6 Å². The van der Waals surface area contributed by atoms with Crippen LogP contribution in [0.25, 0.3) is 10.6 Å². The Morgan fingerprint density at radius 2 is 2.23 bits per heavy atom. The molecule has 2 heterocycles. The third-order valence-electron chi connectivity index (χ3n) is 4.08. The molecule has 1 amide bonds. The molecule has 2 aromatic rings. The number of amides is 1. The molecule has 0 bridgehead atoms. The van der Waals surface area contributed by atoms with E-state index in [1.165, 1.54) is 5.56 Å². The Kier molecular flexibility index (Phi) is 4.85. The minimum Gasteiger partial charge on any atom is -0.359 e. The molecule has 0 saturated carbocycles. The molecule has 0 spiro atoms. The highest BCUT2D eigenvalue weighted by Gasteiger charge is 2.25. The Labute approximate surface area is 135 Å². The molecule has 0 radical (unpaired) electrons. The summed E-state index contributed by atoms with van der Waals surface area (Å²) in [7, 11) is 1.72. The quantitative estimate of drug-likeness (QED) is 0.943. The molecule has 1 fully saturated rings. The van der Waals surface area contributed by atoms with Gasteiger partial charge < -0.3 is 5.32 Å². The molecule has 116 valence electrons. The number of benzene rings is 1. The van der Waals surface area contributed by atoms with Crippen molar-refractivity contribution in [3.05, 3.63) is 41.4 Å². The number of piperidine rings is 1. The predicted octanol–water partition coefficient (Wildman–Crippen LogP) is 2.77. The maximum atomic E-state index is 11.8. The number of likely N-dealkylation sites (tertiary alicyclic amines) is 1. The smallest absolute Gasteiger partial charge is 0.224 e. The number of hydrogen-bond acceptors (Lipinski definition) is 4. The predicted molar refractivity (Wildman–Crippen MR) is 89.6 cm³/mol. The van der Waals surface area contributed by atoms with Crippen molar-refractivity contribution in [2.45, 2.75) is 19.4 Å². The highest BCUT2D eigenvalue weighted by atomic mass is 32.1. The second kappa shape index (κ2) is 7.03. The van der Waals surface area contributed by atoms with Gasteiger partial charge in [0.15, 0.2) is 0 Å². The van der Waals surface area contributed by atoms with E-state index < -0.39 is 0 Å². The first-order valence-corrected chi connectivity index (χ1v) is 8.58. The average molecular weight is 315 g/mol. The molecule has 1 unspecified atom stereocenters. The van der Waals surface area contributed by atoms with Crippen LogP contribution in [0.3, 0.4) is 0 Å². The summed E-state index contributed by atoms with van der Waals surface area (Å²) < 4.78 is 0. The zero-order valence-corrected chi connectivity index (χ0v) is 13.6. The largest absolute Gasteiger partial charge is 0.359 e. The fourth-order valence-corrected chi connectivity index (χ4v) is 3.76. The monoisotopic (exact) mass is 315 g/mol. The van der Waals surface area contributed by atoms with Crippen molar-refractivity contribution in [1.29, 1.82) is 0 Å². The molecule has 1 saturated heterocycles. The van der Waals surface area contributed by atoms with Crippen LogP contribution in [-0.4, -0.2) is 35.9 Å². The molecule has 5 heteroatoms. The molecule has 1 aliphatic rings. The van der Waals surface area contributed by atoms with Gasteiger partial charge in [-0.1, -0.05) is 30.3 Å². The van der Waals surface area contributed by atoms with Crippen molar-refractivity contribution in [2.24, 2.45) is 5.92 Å². The fraction of sp³-hybridized carbons (Fsp3) is 0.412. The lowest BCUT2D eigenvalue weighted by Crippen LogP contribution is -2.41. The third-order valence-corrected chi connectivity index (χ3v) is 5.02. The van der Waals surface area contributed by atoms with E-state index in [0.29, 0.717) is 0 Å². The first kappa shape index (κ1) is 15.2. The van der Waals surface area contributed by atoms with Gasteiger partial charge in [0.1, 0.15) is 5.01 Å². The molecule has 4 nitrogen and oxygen atoms in total. The van der Waals surface area contributed by atoms with Crippen molar-refractivity contribution in [2.75, 3.05) is 20.1 Å². The van der Waals surface area contributed by atoms with E-state index in [1.54, 1.807) is 18.4 Å². The zero-order chi connectivity index (χ0) is 15.4. The number of nitrogens with one attached hydrogen (secondary N) is 1. The molecule has 3 rings (SSSR count). The maximum Gasteiger partial charge on any atom is 0.224 e. The van der Waals surface area contributed by atoms with Crippen LogP contribution in [0.1, 0.15) is 18.5 Å². The molecule has 1 N–H and O–H groups in total. The summed E-state index contributed by atoms with van der Waals surface area (Å²) >= 11 is 1.69. The van der Waals surface area contributed by atoms with Crippen LogP contribution in [0.5, 0.6) is 0 Å². The van der Waals surface area contributed by atoms with Crippen LogP contribution < -0.4 is 5.32 Å². The number of carbonyl (C=O) groups excluding carboxylic acids is 1. The van der Waals surface area contributed by atoms with Crippen LogP contribution in [0.4, 0.5) is 0 Å². The number of nitrogens with zero attached hydrogens (tertiary/aromatic N) is 2. The standard InChI is InChI=1S/C17H21N3OS/c1-18-16(21)14-8-5-9-20(10-14)11-15-12-22-17(19-15)13-6-3-2-4-7-13/h2-4,6-7,12,14H,5,8-11H2,1H3,(H,18,21). The second-order valence-electron chi connectivity index (χ2n) is 5.70. The van der Waals surface area contributed by atoms with Gasteiger partial charge in [-0.3, -0.25) is 9.69 Å². The lowest BCUT2D eigenvalue weighted by Gasteiger charge is -2.31. The Bertz CT molecular complexity index is 626. The molecule has 1 aromatic heterocycles. The van der Waals surface area contributed by atoms with Crippen molar-refractivity contribution in [1.82, 2.24) is 15.2 Å². The minimum atomic E-state index is 0.117. The summed E-state index contributed by atoms with van der Waals surface area (Å²) in [5.41, 5.74) is 2.27. The number of thiazole rings is 1. The van der Waals surface area contributed by atoms with Crippen LogP contribution in [0.2, 0.25) is 0 Å². The van der Waals surface area contributed by atoms with Crippen LogP contribution in [0, 0.1) is 5.92 Å². The van der Waals surface area contributed by atoms with Crippen LogP contribution in [-0.2, 0) is 11.3 Å². The SMILES string of the molecule is CNC(=O)C1CCCN(Cc2csc(-c3ccccc3)n2)C1. The summed E-state index contributed by atoms with van der Waals surface area (Å²) in [4.78, 5) is 18.9. The Morgan fingerprint density at radius 1 is 1.41 bits per heavy atom. The summed E-state index contributed by atoms with van der Waals surface area (Å²) in [6, 6.07) is 10.3. The highest BCUT2D eigenvalue weighted by Crippen LogP contribution is 2.25. The normalized spacial score (nSPS) is 19.0. The van der Waals surface area contributed by atoms with Gasteiger partial charge in [-0.15, -0.1) is 11.3 Å². The molecule has 0 aliphatic carbocycles. The Balaban J connectivity index is 1.64. The van der Waals surface area contributed by atoms with Crippen LogP contribution >= 0.6 is 11.3 Å². The van der Waals surface area contributed by atoms with Gasteiger partial charge in [0.25, 0.3) is 0 Å². The average Bonchev–Trinajstić information content (AvgIpc) is 3.03. The molecule has 22 heavy (non-hydrogen) atoms. The Morgan fingerprint density at radius 3 is 3.00 bits per heavy atom. The van der Waals surface area contributed by atoms with Crippen molar-refractivity contribution >= 4 is 17.2 Å². The zero-order valence-electron chi connectivity index (χ0n) is 12.8. The van der Waals surface area contributed by atoms with E-state index in [2.05, 4.69) is 27.7 Å². The first-order chi connectivity index (χ1) is 10.8. The van der Waals surface area contributed by atoms with Gasteiger partial charge in [-0.05, 0) is 19.4 Å². The first-order valence-electron chi connectivity index (χ1n) is 7.70. The summed E-state index contributed by atoms with van der Waals surface area (Å²) in [6.07, 6.45) is 2.07. The minimum absolute atomic E-state index is 0.117. The van der Waals surface area contributed by atoms with Gasteiger partial charge in [-0.2, -0.15) is 0 Å². The van der Waals surface area contributed by atoms with E-state index in [9.17, 15) is 4.79 Å². The van der Waals surface area contributed by atoms with Gasteiger partial charge >= 0.3 is 0 Å². The lowest BCUT2D eigenvalue weighted by atomic mass is 9.97. The topological polar surface area (TPSA) is 45.2 Å². The van der Waals surface area contributed by atoms with Gasteiger partial charge in [0, 0.05) is 31.1 Å². The summed E-state index contributed by atoms with van der Waals surface area (Å²) in [5.74, 6) is 0.277. The van der Waals surface area contributed by atoms with Gasteiger partial charge in [0.05, 0.1) is 11.6 Å². The Hall–Kier alpha value is -1.72. The van der Waals surface area contributed by atoms with Crippen LogP contribution in [0.15, 0.2) is 35.7 Å². The fourth-order valence-electron chi connectivity index (χ4n) is 2.94. The summed E-state index contributed by atoms with van der Waals surface area (Å²) in [6.45, 7) is 2.71. The van der Waals surface area contributed by atoms with Crippen molar-refractivity contribution < 1.29 is 4.79 Å². The lowest BCUT2D eigenvalue weighted by molar-refractivity contribution is -0.126. The van der Waals surface area contributed by atoms with E-state index in [0.717, 1.165) is 43.2 Å². The highest BCUT2D eigenvalue weighted by molar-refractivity contribution is 7.13. The maximum absolute atomic E-state index is 11.8. The third kappa shape index (κ3) is 3.54. The molecular weight excluding hydrogens is 294 g/mol. The van der Waals surface area contributed by atoms with Crippen molar-refractivity contribution in [3.63, 3.8) is 0 Å². The van der Waals surface area contributed by atoms with E-state index in [-0.39, 0.29) is 11.8 Å². The van der Waals surface area contributed by atoms with Gasteiger partial charge in [0.2, 0.25) is 5.91 Å². The second-order valence-corrected chi connectivity index (χ2v) is 6.56. The van der Waals surface area contributed by atoms with E-state index >= 15 is 0 Å². The molecule has 1 aliphatic heterocycles. The molecule has 1 atom stereocenters.